The highest BCUT2D eigenvalue weighted by molar-refractivity contribution is 5.92. The van der Waals surface area contributed by atoms with Gasteiger partial charge in [0.1, 0.15) is 11.8 Å². The summed E-state index contributed by atoms with van der Waals surface area (Å²) >= 11 is 0. The van der Waals surface area contributed by atoms with Gasteiger partial charge in [0.05, 0.1) is 6.33 Å². The fraction of sp³-hybridized carbons (Fsp3) is 0.462. The van der Waals surface area contributed by atoms with E-state index < -0.39 is 0 Å². The molecule has 2 aromatic heterocycles. The lowest BCUT2D eigenvalue weighted by molar-refractivity contribution is -0.118. The van der Waals surface area contributed by atoms with Gasteiger partial charge in [-0.1, -0.05) is 25.9 Å². The SMILES string of the molecule is C[C@H](C(=O)Nc1cc(C(C)(C)C)on1)n1ccnc1. The van der Waals surface area contributed by atoms with Crippen LogP contribution in [0.25, 0.3) is 0 Å². The number of hydrogen-bond donors (Lipinski definition) is 1. The summed E-state index contributed by atoms with van der Waals surface area (Å²) in [4.78, 5) is 15.9. The van der Waals surface area contributed by atoms with Crippen molar-refractivity contribution in [3.63, 3.8) is 0 Å². The summed E-state index contributed by atoms with van der Waals surface area (Å²) in [6.07, 6.45) is 4.98. The van der Waals surface area contributed by atoms with E-state index in [1.807, 2.05) is 20.8 Å². The molecule has 0 aromatic carbocycles. The highest BCUT2D eigenvalue weighted by atomic mass is 16.5. The topological polar surface area (TPSA) is 73.0 Å². The summed E-state index contributed by atoms with van der Waals surface area (Å²) < 4.78 is 6.94. The quantitative estimate of drug-likeness (QED) is 0.921. The van der Waals surface area contributed by atoms with Gasteiger partial charge in [0.2, 0.25) is 5.91 Å². The number of nitrogens with one attached hydrogen (secondary N) is 1. The lowest BCUT2D eigenvalue weighted by atomic mass is 9.93. The molecule has 0 unspecified atom stereocenters. The molecule has 0 saturated heterocycles. The van der Waals surface area contributed by atoms with Crippen LogP contribution < -0.4 is 5.32 Å². The van der Waals surface area contributed by atoms with Crippen molar-refractivity contribution in [1.82, 2.24) is 14.7 Å². The molecule has 102 valence electrons. The number of aromatic nitrogens is 3. The molecule has 0 aliphatic rings. The van der Waals surface area contributed by atoms with Crippen LogP contribution in [0.1, 0.15) is 39.5 Å². The van der Waals surface area contributed by atoms with E-state index in [4.69, 9.17) is 4.52 Å². The van der Waals surface area contributed by atoms with Crippen LogP contribution in [0.15, 0.2) is 29.3 Å². The molecule has 2 rings (SSSR count). The second-order valence-electron chi connectivity index (χ2n) is 5.50. The van der Waals surface area contributed by atoms with E-state index in [2.05, 4.69) is 15.5 Å². The molecule has 2 heterocycles. The molecule has 0 bridgehead atoms. The largest absolute Gasteiger partial charge is 0.359 e. The van der Waals surface area contributed by atoms with Crippen LogP contribution in [0.2, 0.25) is 0 Å². The number of carbonyl (C=O) groups excluding carboxylic acids is 1. The summed E-state index contributed by atoms with van der Waals surface area (Å²) in [5.41, 5.74) is -0.133. The van der Waals surface area contributed by atoms with Crippen LogP contribution in [0, 0.1) is 0 Å². The van der Waals surface area contributed by atoms with E-state index in [-0.39, 0.29) is 17.4 Å². The standard InChI is InChI=1S/C13H18N4O2/c1-9(17-6-5-14-8-17)12(18)15-11-7-10(19-16-11)13(2,3)4/h5-9H,1-4H3,(H,15,16,18)/t9-/m1/s1. The summed E-state index contributed by atoms with van der Waals surface area (Å²) in [5.74, 6) is 1.01. The molecule has 6 heteroatoms. The minimum Gasteiger partial charge on any atom is -0.359 e. The molecule has 0 fully saturated rings. The van der Waals surface area contributed by atoms with Gasteiger partial charge in [-0.3, -0.25) is 4.79 Å². The van der Waals surface area contributed by atoms with Crippen molar-refractivity contribution in [2.45, 2.75) is 39.2 Å². The van der Waals surface area contributed by atoms with Crippen LogP contribution >= 0.6 is 0 Å². The summed E-state index contributed by atoms with van der Waals surface area (Å²) in [7, 11) is 0. The van der Waals surface area contributed by atoms with Crippen molar-refractivity contribution in [2.75, 3.05) is 5.32 Å². The molecule has 0 saturated carbocycles. The Balaban J connectivity index is 2.05. The first kappa shape index (κ1) is 13.3. The normalized spacial score (nSPS) is 13.3. The zero-order valence-electron chi connectivity index (χ0n) is 11.5. The average molecular weight is 262 g/mol. The third kappa shape index (κ3) is 3.01. The van der Waals surface area contributed by atoms with Gasteiger partial charge in [-0.15, -0.1) is 0 Å². The van der Waals surface area contributed by atoms with Crippen molar-refractivity contribution in [3.8, 4) is 0 Å². The van der Waals surface area contributed by atoms with Crippen molar-refractivity contribution in [3.05, 3.63) is 30.5 Å². The zero-order valence-corrected chi connectivity index (χ0v) is 11.5. The highest BCUT2D eigenvalue weighted by Crippen LogP contribution is 2.24. The van der Waals surface area contributed by atoms with E-state index in [0.717, 1.165) is 5.76 Å². The number of imidazole rings is 1. The first-order valence-electron chi connectivity index (χ1n) is 6.13. The monoisotopic (exact) mass is 262 g/mol. The molecule has 1 N–H and O–H groups in total. The van der Waals surface area contributed by atoms with E-state index in [1.54, 1.807) is 36.3 Å². The van der Waals surface area contributed by atoms with Crippen LogP contribution in [-0.4, -0.2) is 20.6 Å². The van der Waals surface area contributed by atoms with Gasteiger partial charge in [0.25, 0.3) is 0 Å². The summed E-state index contributed by atoms with van der Waals surface area (Å²) in [6.45, 7) is 7.86. The Hall–Kier alpha value is -2.11. The van der Waals surface area contributed by atoms with Crippen molar-refractivity contribution in [1.29, 1.82) is 0 Å². The molecule has 0 aliphatic heterocycles. The van der Waals surface area contributed by atoms with Crippen molar-refractivity contribution >= 4 is 11.7 Å². The van der Waals surface area contributed by atoms with Gasteiger partial charge in [0.15, 0.2) is 5.82 Å². The molecule has 1 atom stereocenters. The molecule has 6 nitrogen and oxygen atoms in total. The van der Waals surface area contributed by atoms with E-state index in [0.29, 0.717) is 5.82 Å². The predicted molar refractivity (Wildman–Crippen MR) is 70.8 cm³/mol. The Morgan fingerprint density at radius 3 is 2.74 bits per heavy atom. The molecule has 1 amide bonds. The highest BCUT2D eigenvalue weighted by Gasteiger charge is 2.21. The second-order valence-corrected chi connectivity index (χ2v) is 5.50. The van der Waals surface area contributed by atoms with E-state index in [1.165, 1.54) is 0 Å². The minimum absolute atomic E-state index is 0.133. The van der Waals surface area contributed by atoms with Crippen LogP contribution in [0.4, 0.5) is 5.82 Å². The van der Waals surface area contributed by atoms with Crippen LogP contribution in [0.5, 0.6) is 0 Å². The molecule has 0 aliphatic carbocycles. The predicted octanol–water partition coefficient (Wildman–Crippen LogP) is 2.37. The summed E-state index contributed by atoms with van der Waals surface area (Å²) in [5, 5.41) is 6.58. The van der Waals surface area contributed by atoms with E-state index in [9.17, 15) is 4.79 Å². The van der Waals surface area contributed by atoms with Crippen molar-refractivity contribution < 1.29 is 9.32 Å². The molecular formula is C13H18N4O2. The zero-order chi connectivity index (χ0) is 14.0. The number of amides is 1. The van der Waals surface area contributed by atoms with Gasteiger partial charge in [-0.05, 0) is 6.92 Å². The molecule has 2 aromatic rings. The molecular weight excluding hydrogens is 244 g/mol. The maximum Gasteiger partial charge on any atom is 0.248 e. The Bertz CT molecular complexity index is 551. The molecule has 19 heavy (non-hydrogen) atoms. The van der Waals surface area contributed by atoms with Gasteiger partial charge >= 0.3 is 0 Å². The molecule has 0 radical (unpaired) electrons. The second kappa shape index (κ2) is 4.87. The van der Waals surface area contributed by atoms with Gasteiger partial charge in [-0.25, -0.2) is 4.98 Å². The number of anilines is 1. The number of carbonyl (C=O) groups is 1. The van der Waals surface area contributed by atoms with Gasteiger partial charge in [0, 0.05) is 23.9 Å². The Kier molecular flexibility index (Phi) is 3.42. The van der Waals surface area contributed by atoms with Gasteiger partial charge in [-0.2, -0.15) is 0 Å². The van der Waals surface area contributed by atoms with Crippen LogP contribution in [0.3, 0.4) is 0 Å². The number of hydrogen-bond acceptors (Lipinski definition) is 4. The fourth-order valence-corrected chi connectivity index (χ4v) is 1.55. The third-order valence-corrected chi connectivity index (χ3v) is 2.85. The number of rotatable bonds is 3. The Morgan fingerprint density at radius 2 is 2.21 bits per heavy atom. The summed E-state index contributed by atoms with van der Waals surface area (Å²) in [6, 6.07) is 1.40. The first-order chi connectivity index (χ1) is 8.88. The lowest BCUT2D eigenvalue weighted by Crippen LogP contribution is -2.23. The maximum atomic E-state index is 12.0. The first-order valence-corrected chi connectivity index (χ1v) is 6.13. The maximum absolute atomic E-state index is 12.0. The van der Waals surface area contributed by atoms with Crippen LogP contribution in [-0.2, 0) is 10.2 Å². The number of nitrogens with zero attached hydrogens (tertiary/aromatic N) is 3. The minimum atomic E-state index is -0.350. The lowest BCUT2D eigenvalue weighted by Gasteiger charge is -2.12. The smallest absolute Gasteiger partial charge is 0.248 e. The van der Waals surface area contributed by atoms with Gasteiger partial charge < -0.3 is 14.4 Å². The van der Waals surface area contributed by atoms with E-state index >= 15 is 0 Å². The average Bonchev–Trinajstić information content (AvgIpc) is 2.97. The third-order valence-electron chi connectivity index (χ3n) is 2.85. The molecule has 0 spiro atoms. The Labute approximate surface area is 111 Å². The Morgan fingerprint density at radius 1 is 1.47 bits per heavy atom. The fourth-order valence-electron chi connectivity index (χ4n) is 1.55. The van der Waals surface area contributed by atoms with Crippen molar-refractivity contribution in [2.24, 2.45) is 0 Å².